The maximum absolute atomic E-state index is 10.7. The fourth-order valence-electron chi connectivity index (χ4n) is 1.13. The van der Waals surface area contributed by atoms with Gasteiger partial charge in [0, 0.05) is 25.9 Å². The van der Waals surface area contributed by atoms with Crippen LogP contribution in [-0.2, 0) is 16.0 Å². The van der Waals surface area contributed by atoms with Crippen LogP contribution in [0.1, 0.15) is 19.4 Å². The summed E-state index contributed by atoms with van der Waals surface area (Å²) in [5, 5.41) is 0. The fourth-order valence-corrected chi connectivity index (χ4v) is 1.13. The van der Waals surface area contributed by atoms with E-state index in [1.54, 1.807) is 25.5 Å². The zero-order chi connectivity index (χ0) is 12.4. The molecule has 0 aliphatic rings. The van der Waals surface area contributed by atoms with Gasteiger partial charge in [-0.3, -0.25) is 9.78 Å². The normalized spacial score (nSPS) is 10.7. The summed E-state index contributed by atoms with van der Waals surface area (Å²) >= 11 is 0. The lowest BCUT2D eigenvalue weighted by atomic mass is 10.1. The van der Waals surface area contributed by atoms with Gasteiger partial charge in [-0.05, 0) is 11.6 Å². The molecule has 0 saturated carbocycles. The van der Waals surface area contributed by atoms with Crippen LogP contribution in [0.25, 0.3) is 0 Å². The summed E-state index contributed by atoms with van der Waals surface area (Å²) in [7, 11) is 1.59. The van der Waals surface area contributed by atoms with Crippen molar-refractivity contribution in [2.45, 2.75) is 26.3 Å². The molecule has 1 rings (SSSR count). The maximum Gasteiger partial charge on any atom is 0.210 e. The van der Waals surface area contributed by atoms with E-state index in [1.165, 1.54) is 4.90 Å². The summed E-state index contributed by atoms with van der Waals surface area (Å²) in [5.41, 5.74) is 0.943. The maximum atomic E-state index is 10.7. The molecule has 1 aromatic rings. The predicted molar refractivity (Wildman–Crippen MR) is 63.0 cm³/mol. The molecule has 16 heavy (non-hydrogen) atoms. The summed E-state index contributed by atoms with van der Waals surface area (Å²) in [5.74, 6) is 0. The third-order valence-electron chi connectivity index (χ3n) is 2.01. The van der Waals surface area contributed by atoms with E-state index in [2.05, 4.69) is 4.98 Å². The summed E-state index contributed by atoms with van der Waals surface area (Å²) < 4.78 is 0. The van der Waals surface area contributed by atoms with Crippen molar-refractivity contribution in [2.75, 3.05) is 7.05 Å². The van der Waals surface area contributed by atoms with Gasteiger partial charge in [-0.1, -0.05) is 19.9 Å². The van der Waals surface area contributed by atoms with Crippen LogP contribution in [0.4, 0.5) is 0 Å². The average Bonchev–Trinajstić information content (AvgIpc) is 2.38. The van der Waals surface area contributed by atoms with Crippen LogP contribution in [0.3, 0.4) is 0 Å². The Morgan fingerprint density at radius 3 is 2.56 bits per heavy atom. The van der Waals surface area contributed by atoms with Crippen molar-refractivity contribution in [3.05, 3.63) is 30.1 Å². The van der Waals surface area contributed by atoms with E-state index in [4.69, 9.17) is 0 Å². The van der Waals surface area contributed by atoms with Crippen LogP contribution in [-0.4, -0.2) is 35.7 Å². The number of amides is 1. The van der Waals surface area contributed by atoms with Gasteiger partial charge in [0.1, 0.15) is 6.29 Å². The minimum atomic E-state index is -0.406. The lowest BCUT2D eigenvalue weighted by molar-refractivity contribution is -0.124. The molecule has 4 nitrogen and oxygen atoms in total. The Hall–Kier alpha value is -1.71. The molecular formula is C12H18N2O2. The Labute approximate surface area is 96.3 Å². The zero-order valence-corrected chi connectivity index (χ0v) is 9.96. The molecule has 0 radical (unpaired) electrons. The topological polar surface area (TPSA) is 50.3 Å². The highest BCUT2D eigenvalue weighted by Gasteiger charge is 2.12. The molecule has 1 atom stereocenters. The molecular weight excluding hydrogens is 204 g/mol. The number of carbonyl (C=O) groups excluding carboxylic acids is 2. The van der Waals surface area contributed by atoms with Crippen LogP contribution < -0.4 is 0 Å². The lowest BCUT2D eigenvalue weighted by Gasteiger charge is -2.18. The largest absolute Gasteiger partial charge is 0.338 e. The molecule has 0 fully saturated rings. The van der Waals surface area contributed by atoms with Gasteiger partial charge in [0.15, 0.2) is 0 Å². The third-order valence-corrected chi connectivity index (χ3v) is 2.01. The number of hydrogen-bond donors (Lipinski definition) is 0. The van der Waals surface area contributed by atoms with Crippen molar-refractivity contribution in [2.24, 2.45) is 0 Å². The van der Waals surface area contributed by atoms with Crippen molar-refractivity contribution in [3.63, 3.8) is 0 Å². The number of carbonyl (C=O) groups is 2. The van der Waals surface area contributed by atoms with Crippen molar-refractivity contribution >= 4 is 12.7 Å². The molecule has 0 aromatic carbocycles. The van der Waals surface area contributed by atoms with Crippen molar-refractivity contribution in [1.82, 2.24) is 9.88 Å². The highest BCUT2D eigenvalue weighted by atomic mass is 16.1. The van der Waals surface area contributed by atoms with E-state index in [1.807, 2.05) is 19.9 Å². The monoisotopic (exact) mass is 222 g/mol. The molecule has 4 heteroatoms. The first-order valence-electron chi connectivity index (χ1n) is 5.29. The number of aldehydes is 1. The summed E-state index contributed by atoms with van der Waals surface area (Å²) in [6.07, 6.45) is 5.28. The highest BCUT2D eigenvalue weighted by molar-refractivity contribution is 5.64. The van der Waals surface area contributed by atoms with Gasteiger partial charge in [-0.15, -0.1) is 0 Å². The molecule has 0 aliphatic heterocycles. The van der Waals surface area contributed by atoms with E-state index in [0.29, 0.717) is 12.8 Å². The summed E-state index contributed by atoms with van der Waals surface area (Å²) in [4.78, 5) is 26.4. The highest BCUT2D eigenvalue weighted by Crippen LogP contribution is 2.03. The van der Waals surface area contributed by atoms with E-state index >= 15 is 0 Å². The van der Waals surface area contributed by atoms with E-state index < -0.39 is 6.04 Å². The predicted octanol–water partition coefficient (Wildman–Crippen LogP) is 1.31. The quantitative estimate of drug-likeness (QED) is 0.706. The number of likely N-dealkylation sites (N-methyl/N-ethyl adjacent to an activating group) is 1. The number of pyridine rings is 1. The first-order chi connectivity index (χ1) is 7.77. The summed E-state index contributed by atoms with van der Waals surface area (Å²) in [6, 6.07) is 3.27. The Balaban J connectivity index is 0.00000106. The van der Waals surface area contributed by atoms with Crippen molar-refractivity contribution in [3.8, 4) is 0 Å². The first kappa shape index (κ1) is 14.3. The lowest BCUT2D eigenvalue weighted by Crippen LogP contribution is -2.33. The van der Waals surface area contributed by atoms with Gasteiger partial charge in [-0.2, -0.15) is 0 Å². The molecule has 0 spiro atoms. The van der Waals surface area contributed by atoms with Gasteiger partial charge >= 0.3 is 0 Å². The Morgan fingerprint density at radius 2 is 2.12 bits per heavy atom. The fraction of sp³-hybridized carbons (Fsp3) is 0.417. The van der Waals surface area contributed by atoms with Gasteiger partial charge in [0.2, 0.25) is 6.41 Å². The third kappa shape index (κ3) is 4.68. The van der Waals surface area contributed by atoms with E-state index in [9.17, 15) is 9.59 Å². The molecule has 1 heterocycles. The van der Waals surface area contributed by atoms with Crippen molar-refractivity contribution in [1.29, 1.82) is 0 Å². The van der Waals surface area contributed by atoms with Gasteiger partial charge in [-0.25, -0.2) is 0 Å². The molecule has 1 unspecified atom stereocenters. The molecule has 1 aromatic heterocycles. The number of nitrogens with zero attached hydrogens (tertiary/aromatic N) is 2. The van der Waals surface area contributed by atoms with Gasteiger partial charge < -0.3 is 9.69 Å². The first-order valence-corrected chi connectivity index (χ1v) is 5.29. The smallest absolute Gasteiger partial charge is 0.210 e. The number of hydrogen-bond acceptors (Lipinski definition) is 3. The molecule has 88 valence electrons. The molecule has 0 saturated heterocycles. The second-order valence-electron chi connectivity index (χ2n) is 3.04. The number of aromatic nitrogens is 1. The van der Waals surface area contributed by atoms with Crippen molar-refractivity contribution < 1.29 is 9.59 Å². The Kier molecular flexibility index (Phi) is 7.67. The Bertz CT molecular complexity index is 301. The molecule has 0 aliphatic carbocycles. The van der Waals surface area contributed by atoms with Gasteiger partial charge in [0.05, 0.1) is 6.04 Å². The average molecular weight is 222 g/mol. The SMILES string of the molecule is CC.CN(C=O)C(C=O)Cc1cccnc1. The number of rotatable bonds is 5. The van der Waals surface area contributed by atoms with E-state index in [-0.39, 0.29) is 0 Å². The van der Waals surface area contributed by atoms with Gasteiger partial charge in [0.25, 0.3) is 0 Å². The van der Waals surface area contributed by atoms with Crippen LogP contribution in [0.5, 0.6) is 0 Å². The standard InChI is InChI=1S/C10H12N2O2.C2H6/c1-12(8-14)10(7-13)5-9-3-2-4-11-6-9;1-2/h2-4,6-8,10H,5H2,1H3;1-2H3. The van der Waals surface area contributed by atoms with Crippen LogP contribution in [0, 0.1) is 0 Å². The second-order valence-corrected chi connectivity index (χ2v) is 3.04. The van der Waals surface area contributed by atoms with Crippen LogP contribution in [0.2, 0.25) is 0 Å². The van der Waals surface area contributed by atoms with E-state index in [0.717, 1.165) is 11.8 Å². The minimum Gasteiger partial charge on any atom is -0.338 e. The molecule has 0 bridgehead atoms. The minimum absolute atomic E-state index is 0.406. The van der Waals surface area contributed by atoms with Crippen LogP contribution >= 0.6 is 0 Å². The second kappa shape index (κ2) is 8.59. The summed E-state index contributed by atoms with van der Waals surface area (Å²) in [6.45, 7) is 4.00. The van der Waals surface area contributed by atoms with Crippen LogP contribution in [0.15, 0.2) is 24.5 Å². The molecule has 0 N–H and O–H groups in total. The zero-order valence-electron chi connectivity index (χ0n) is 9.96. The Morgan fingerprint density at radius 1 is 1.44 bits per heavy atom. The molecule has 1 amide bonds.